The molecule has 154 valence electrons. The monoisotopic (exact) mass is 416 g/mol. The minimum absolute atomic E-state index is 0.128. The van der Waals surface area contributed by atoms with Crippen LogP contribution in [0.25, 0.3) is 0 Å². The molecule has 0 radical (unpaired) electrons. The van der Waals surface area contributed by atoms with E-state index in [9.17, 15) is 18.0 Å². The Bertz CT molecular complexity index is 1080. The van der Waals surface area contributed by atoms with Crippen LogP contribution < -0.4 is 10.5 Å². The molecular weight excluding hydrogens is 401 g/mol. The summed E-state index contributed by atoms with van der Waals surface area (Å²) < 4.78 is 46.1. The van der Waals surface area contributed by atoms with Gasteiger partial charge in [-0.1, -0.05) is 0 Å². The first kappa shape index (κ1) is 19.5. The number of carbonyl (C=O) groups is 1. The van der Waals surface area contributed by atoms with E-state index in [4.69, 9.17) is 15.7 Å². The van der Waals surface area contributed by atoms with Gasteiger partial charge in [-0.2, -0.15) is 15.3 Å². The summed E-state index contributed by atoms with van der Waals surface area (Å²) in [7, 11) is 0. The predicted molar refractivity (Wildman–Crippen MR) is 98.8 cm³/mol. The van der Waals surface area contributed by atoms with Crippen LogP contribution in [-0.2, 0) is 0 Å². The van der Waals surface area contributed by atoms with E-state index in [1.807, 2.05) is 6.07 Å². The molecule has 1 aromatic carbocycles. The third kappa shape index (κ3) is 3.59. The molecule has 1 fully saturated rings. The maximum absolute atomic E-state index is 13.8. The predicted octanol–water partition coefficient (Wildman–Crippen LogP) is 2.57. The quantitative estimate of drug-likeness (QED) is 0.828. The summed E-state index contributed by atoms with van der Waals surface area (Å²) in [5, 5.41) is 14.3. The number of nitrogens with two attached hydrogens (primary N) is 1. The summed E-state index contributed by atoms with van der Waals surface area (Å²) in [6.45, 7) is 0.255. The van der Waals surface area contributed by atoms with E-state index in [1.54, 1.807) is 0 Å². The number of benzene rings is 1. The van der Waals surface area contributed by atoms with Gasteiger partial charge in [0, 0.05) is 18.7 Å². The Morgan fingerprint density at radius 2 is 1.97 bits per heavy atom. The lowest BCUT2D eigenvalue weighted by Crippen LogP contribution is -2.59. The number of ether oxygens (including phenoxy) is 1. The number of nitrogen functional groups attached to an aromatic ring is 1. The van der Waals surface area contributed by atoms with Gasteiger partial charge in [0.15, 0.2) is 17.5 Å². The highest BCUT2D eigenvalue weighted by molar-refractivity contribution is 5.79. The summed E-state index contributed by atoms with van der Waals surface area (Å²) in [4.78, 5) is 17.7. The van der Waals surface area contributed by atoms with E-state index in [-0.39, 0.29) is 18.7 Å². The number of likely N-dealkylation sites (tertiary alicyclic amines) is 1. The molecule has 2 N–H and O–H groups in total. The molecule has 1 saturated heterocycles. The summed E-state index contributed by atoms with van der Waals surface area (Å²) in [6.07, 6.45) is 1.36. The normalized spacial score (nSPS) is 18.3. The Morgan fingerprint density at radius 3 is 2.70 bits per heavy atom. The molecule has 0 aliphatic carbocycles. The van der Waals surface area contributed by atoms with Gasteiger partial charge in [0.05, 0.1) is 30.8 Å². The Kier molecular flexibility index (Phi) is 4.91. The molecular formula is C19H15F3N6O2. The van der Waals surface area contributed by atoms with Crippen molar-refractivity contribution in [1.29, 1.82) is 5.26 Å². The average molecular weight is 416 g/mol. The second-order valence-electron chi connectivity index (χ2n) is 6.85. The number of halogens is 3. The van der Waals surface area contributed by atoms with E-state index >= 15 is 0 Å². The smallest absolute Gasteiger partial charge is 0.341 e. The lowest BCUT2D eigenvalue weighted by atomic mass is 10.0. The number of urea groups is 1. The molecule has 2 aromatic rings. The largest absolute Gasteiger partial charge is 0.468 e. The van der Waals surface area contributed by atoms with Gasteiger partial charge >= 0.3 is 6.03 Å². The average Bonchev–Trinajstić information content (AvgIpc) is 3.17. The van der Waals surface area contributed by atoms with Crippen molar-refractivity contribution in [3.8, 4) is 11.9 Å². The van der Waals surface area contributed by atoms with Gasteiger partial charge in [0.25, 0.3) is 5.88 Å². The maximum Gasteiger partial charge on any atom is 0.341 e. The summed E-state index contributed by atoms with van der Waals surface area (Å²) in [5.41, 5.74) is 5.92. The number of hydrogen-bond donors (Lipinski definition) is 1. The highest BCUT2D eigenvalue weighted by Crippen LogP contribution is 2.32. The number of rotatable bonds is 3. The summed E-state index contributed by atoms with van der Waals surface area (Å²) >= 11 is 0. The second kappa shape index (κ2) is 7.55. The van der Waals surface area contributed by atoms with E-state index < -0.39 is 47.3 Å². The van der Waals surface area contributed by atoms with Crippen molar-refractivity contribution >= 4 is 18.1 Å². The molecule has 4 rings (SSSR count). The third-order valence-corrected chi connectivity index (χ3v) is 4.78. The molecule has 11 heteroatoms. The highest BCUT2D eigenvalue weighted by atomic mass is 19.1. The SMILES string of the molecule is N#Cc1cc(F)cc([C@@H]2CC=NN2C(=O)N2CC(Oc3nc(N)c(F)cc3F)C2)c1. The number of aromatic nitrogens is 1. The number of pyridine rings is 1. The van der Waals surface area contributed by atoms with Gasteiger partial charge < -0.3 is 15.4 Å². The molecule has 1 atom stereocenters. The van der Waals surface area contributed by atoms with Crippen LogP contribution in [0.1, 0.15) is 23.6 Å². The molecule has 0 spiro atoms. The maximum atomic E-state index is 13.8. The van der Waals surface area contributed by atoms with Gasteiger partial charge in [0.1, 0.15) is 11.9 Å². The fraction of sp³-hybridized carbons (Fsp3) is 0.263. The molecule has 0 unspecified atom stereocenters. The van der Waals surface area contributed by atoms with Gasteiger partial charge in [-0.15, -0.1) is 0 Å². The van der Waals surface area contributed by atoms with Crippen molar-refractivity contribution < 1.29 is 22.7 Å². The Labute approximate surface area is 169 Å². The zero-order valence-electron chi connectivity index (χ0n) is 15.4. The molecule has 0 bridgehead atoms. The van der Waals surface area contributed by atoms with Crippen LogP contribution in [0.5, 0.6) is 5.88 Å². The third-order valence-electron chi connectivity index (χ3n) is 4.78. The van der Waals surface area contributed by atoms with Crippen LogP contribution in [0.15, 0.2) is 29.4 Å². The Morgan fingerprint density at radius 1 is 1.20 bits per heavy atom. The van der Waals surface area contributed by atoms with E-state index in [2.05, 4.69) is 10.1 Å². The van der Waals surface area contributed by atoms with Crippen molar-refractivity contribution in [3.05, 3.63) is 52.8 Å². The molecule has 2 amide bonds. The summed E-state index contributed by atoms with van der Waals surface area (Å²) in [5.74, 6) is -3.48. The Balaban J connectivity index is 1.41. The number of nitrogens with zero attached hydrogens (tertiary/aromatic N) is 5. The van der Waals surface area contributed by atoms with Crippen LogP contribution in [-0.4, -0.2) is 46.3 Å². The molecule has 8 nitrogen and oxygen atoms in total. The standard InChI is InChI=1S/C19H15F3N6O2/c20-12-4-10(7-23)3-11(5-12)16-1-2-25-28(16)19(29)27-8-13(9-27)30-18-15(22)6-14(21)17(24)26-18/h2-6,13,16H,1,8-9H2,(H2,24,26)/t16-/m0/s1. The number of carbonyl (C=O) groups excluding carboxylic acids is 1. The first-order valence-electron chi connectivity index (χ1n) is 8.95. The lowest BCUT2D eigenvalue weighted by Gasteiger charge is -2.40. The van der Waals surface area contributed by atoms with Crippen molar-refractivity contribution in [2.45, 2.75) is 18.6 Å². The first-order chi connectivity index (χ1) is 14.4. The van der Waals surface area contributed by atoms with Crippen molar-refractivity contribution in [2.75, 3.05) is 18.8 Å². The topological polar surface area (TPSA) is 108 Å². The van der Waals surface area contributed by atoms with E-state index in [0.717, 1.165) is 6.07 Å². The minimum Gasteiger partial charge on any atom is -0.468 e. The molecule has 3 heterocycles. The zero-order chi connectivity index (χ0) is 21.4. The zero-order valence-corrected chi connectivity index (χ0v) is 15.4. The van der Waals surface area contributed by atoms with Crippen LogP contribution in [0.2, 0.25) is 0 Å². The van der Waals surface area contributed by atoms with E-state index in [0.29, 0.717) is 18.1 Å². The van der Waals surface area contributed by atoms with Gasteiger partial charge in [0.2, 0.25) is 0 Å². The minimum atomic E-state index is -0.991. The summed E-state index contributed by atoms with van der Waals surface area (Å²) in [6, 6.07) is 5.36. The number of amides is 2. The van der Waals surface area contributed by atoms with E-state index in [1.165, 1.54) is 28.3 Å². The van der Waals surface area contributed by atoms with Gasteiger partial charge in [-0.3, -0.25) is 0 Å². The van der Waals surface area contributed by atoms with Crippen molar-refractivity contribution in [3.63, 3.8) is 0 Å². The number of hydrazone groups is 1. The first-order valence-corrected chi connectivity index (χ1v) is 8.95. The van der Waals surface area contributed by atoms with Gasteiger partial charge in [-0.05, 0) is 23.8 Å². The molecule has 2 aliphatic heterocycles. The lowest BCUT2D eigenvalue weighted by molar-refractivity contribution is 0.0230. The molecule has 1 aromatic heterocycles. The van der Waals surface area contributed by atoms with Crippen LogP contribution in [0.3, 0.4) is 0 Å². The molecule has 2 aliphatic rings. The van der Waals surface area contributed by atoms with Crippen LogP contribution >= 0.6 is 0 Å². The fourth-order valence-corrected chi connectivity index (χ4v) is 3.26. The molecule has 30 heavy (non-hydrogen) atoms. The fourth-order valence-electron chi connectivity index (χ4n) is 3.26. The van der Waals surface area contributed by atoms with Crippen molar-refractivity contribution in [1.82, 2.24) is 14.9 Å². The number of anilines is 1. The van der Waals surface area contributed by atoms with Crippen LogP contribution in [0.4, 0.5) is 23.8 Å². The number of hydrogen-bond acceptors (Lipinski definition) is 6. The van der Waals surface area contributed by atoms with Crippen molar-refractivity contribution in [2.24, 2.45) is 5.10 Å². The molecule has 0 saturated carbocycles. The Hall–Kier alpha value is -3.81. The second-order valence-corrected chi connectivity index (χ2v) is 6.85. The highest BCUT2D eigenvalue weighted by Gasteiger charge is 2.39. The van der Waals surface area contributed by atoms with Gasteiger partial charge in [-0.25, -0.2) is 23.0 Å². The number of nitriles is 1. The van der Waals surface area contributed by atoms with Crippen LogP contribution in [0, 0.1) is 28.8 Å².